The van der Waals surface area contributed by atoms with E-state index in [1.54, 1.807) is 0 Å². The molecular formula is C22H28N2O5S. The highest BCUT2D eigenvalue weighted by molar-refractivity contribution is 8.14. The monoisotopic (exact) mass is 432 g/mol. The Kier molecular flexibility index (Phi) is 7.53. The summed E-state index contributed by atoms with van der Waals surface area (Å²) in [5, 5.41) is 11.6. The first kappa shape index (κ1) is 22.3. The van der Waals surface area contributed by atoms with Gasteiger partial charge in [0.1, 0.15) is 12.1 Å². The number of aliphatic carboxylic acids is 1. The third-order valence-corrected chi connectivity index (χ3v) is 6.79. The predicted molar refractivity (Wildman–Crippen MR) is 114 cm³/mol. The van der Waals surface area contributed by atoms with Crippen molar-refractivity contribution < 1.29 is 24.3 Å². The van der Waals surface area contributed by atoms with E-state index in [4.69, 9.17) is 0 Å². The molecule has 0 spiro atoms. The molecule has 2 fully saturated rings. The smallest absolute Gasteiger partial charge is 0.326 e. The number of piperidine rings is 1. The summed E-state index contributed by atoms with van der Waals surface area (Å²) in [6, 6.07) is 7.76. The van der Waals surface area contributed by atoms with Gasteiger partial charge in [-0.15, -0.1) is 0 Å². The minimum absolute atomic E-state index is 0.0824. The third kappa shape index (κ3) is 5.41. The van der Waals surface area contributed by atoms with Gasteiger partial charge in [-0.3, -0.25) is 14.4 Å². The average Bonchev–Trinajstić information content (AvgIpc) is 2.87. The molecule has 0 aromatic heterocycles. The van der Waals surface area contributed by atoms with Crippen LogP contribution in [0.15, 0.2) is 30.3 Å². The Hall–Kier alpha value is -2.35. The van der Waals surface area contributed by atoms with Gasteiger partial charge >= 0.3 is 5.97 Å². The lowest BCUT2D eigenvalue weighted by Gasteiger charge is -2.40. The number of nitrogens with zero attached hydrogens (tertiary/aromatic N) is 1. The van der Waals surface area contributed by atoms with E-state index in [0.717, 1.165) is 43.0 Å². The molecule has 162 valence electrons. The quantitative estimate of drug-likeness (QED) is 0.715. The Bertz CT molecular complexity index is 800. The van der Waals surface area contributed by atoms with E-state index in [1.807, 2.05) is 30.3 Å². The number of carboxylic acids is 1. The van der Waals surface area contributed by atoms with Crippen molar-refractivity contribution in [3.8, 4) is 0 Å². The van der Waals surface area contributed by atoms with Gasteiger partial charge in [-0.05, 0) is 50.5 Å². The Balaban J connectivity index is 1.74. The SMILES string of the molecule is CC(=O)SC(Cc1ccccc1)C(=O)NC1CCCC2CCCC(C(=O)O)N2C1=O. The molecule has 2 saturated heterocycles. The predicted octanol–water partition coefficient (Wildman–Crippen LogP) is 2.38. The molecule has 2 amide bonds. The number of carbonyl (C=O) groups excluding carboxylic acids is 3. The first-order valence-corrected chi connectivity index (χ1v) is 11.3. The van der Waals surface area contributed by atoms with E-state index >= 15 is 0 Å². The number of hydrogen-bond acceptors (Lipinski definition) is 5. The van der Waals surface area contributed by atoms with E-state index in [0.29, 0.717) is 19.3 Å². The van der Waals surface area contributed by atoms with Crippen LogP contribution in [0.4, 0.5) is 0 Å². The van der Waals surface area contributed by atoms with Crippen molar-refractivity contribution in [1.29, 1.82) is 0 Å². The summed E-state index contributed by atoms with van der Waals surface area (Å²) in [6.45, 7) is 1.42. The Morgan fingerprint density at radius 1 is 1.13 bits per heavy atom. The van der Waals surface area contributed by atoms with Gasteiger partial charge in [0.25, 0.3) is 0 Å². The van der Waals surface area contributed by atoms with Crippen LogP contribution in [0.5, 0.6) is 0 Å². The zero-order valence-electron chi connectivity index (χ0n) is 17.1. The minimum atomic E-state index is -0.992. The molecule has 2 aliphatic heterocycles. The summed E-state index contributed by atoms with van der Waals surface area (Å²) in [6.07, 6.45) is 4.37. The van der Waals surface area contributed by atoms with Crippen LogP contribution in [0.1, 0.15) is 51.0 Å². The molecule has 1 aromatic carbocycles. The second-order valence-electron chi connectivity index (χ2n) is 7.96. The Morgan fingerprint density at radius 2 is 1.80 bits per heavy atom. The molecule has 2 aliphatic rings. The number of rotatable bonds is 6. The van der Waals surface area contributed by atoms with E-state index in [-0.39, 0.29) is 23.0 Å². The number of nitrogens with one attached hydrogen (secondary N) is 1. The molecule has 0 bridgehead atoms. The number of amides is 2. The zero-order chi connectivity index (χ0) is 21.7. The fourth-order valence-electron chi connectivity index (χ4n) is 4.41. The normalized spacial score (nSPS) is 25.0. The summed E-state index contributed by atoms with van der Waals surface area (Å²) in [5.41, 5.74) is 0.931. The second kappa shape index (κ2) is 10.1. The number of benzene rings is 1. The van der Waals surface area contributed by atoms with Crippen LogP contribution in [-0.4, -0.2) is 56.3 Å². The molecule has 4 unspecified atom stereocenters. The van der Waals surface area contributed by atoms with Gasteiger partial charge in [-0.2, -0.15) is 0 Å². The van der Waals surface area contributed by atoms with Crippen molar-refractivity contribution >= 4 is 34.7 Å². The van der Waals surface area contributed by atoms with Crippen molar-refractivity contribution in [3.05, 3.63) is 35.9 Å². The van der Waals surface area contributed by atoms with Crippen molar-refractivity contribution in [1.82, 2.24) is 10.2 Å². The van der Waals surface area contributed by atoms with Gasteiger partial charge in [0, 0.05) is 13.0 Å². The van der Waals surface area contributed by atoms with Crippen LogP contribution in [-0.2, 0) is 25.6 Å². The molecule has 8 heteroatoms. The maximum absolute atomic E-state index is 13.2. The molecule has 0 saturated carbocycles. The minimum Gasteiger partial charge on any atom is -0.480 e. The molecule has 2 N–H and O–H groups in total. The van der Waals surface area contributed by atoms with Crippen LogP contribution >= 0.6 is 11.8 Å². The van der Waals surface area contributed by atoms with Crippen LogP contribution in [0, 0.1) is 0 Å². The fourth-order valence-corrected chi connectivity index (χ4v) is 5.27. The van der Waals surface area contributed by atoms with Crippen molar-refractivity contribution in [2.24, 2.45) is 0 Å². The summed E-state index contributed by atoms with van der Waals surface area (Å²) in [5.74, 6) is -1.67. The molecule has 3 rings (SSSR count). The average molecular weight is 433 g/mol. The third-order valence-electron chi connectivity index (χ3n) is 5.79. The van der Waals surface area contributed by atoms with E-state index in [9.17, 15) is 24.3 Å². The largest absolute Gasteiger partial charge is 0.480 e. The molecule has 7 nitrogen and oxygen atoms in total. The van der Waals surface area contributed by atoms with Crippen LogP contribution in [0.2, 0.25) is 0 Å². The maximum atomic E-state index is 13.2. The topological polar surface area (TPSA) is 104 Å². The number of carbonyl (C=O) groups is 4. The lowest BCUT2D eigenvalue weighted by atomic mass is 9.93. The fraction of sp³-hybridized carbons (Fsp3) is 0.545. The van der Waals surface area contributed by atoms with E-state index in [2.05, 4.69) is 5.32 Å². The van der Waals surface area contributed by atoms with Gasteiger partial charge in [-0.25, -0.2) is 4.79 Å². The molecule has 2 heterocycles. The number of fused-ring (bicyclic) bond motifs is 1. The van der Waals surface area contributed by atoms with Crippen LogP contribution in [0.25, 0.3) is 0 Å². The Labute approximate surface area is 180 Å². The number of carboxylic acid groups (broad SMARTS) is 1. The Morgan fingerprint density at radius 3 is 2.43 bits per heavy atom. The second-order valence-corrected chi connectivity index (χ2v) is 9.34. The van der Waals surface area contributed by atoms with E-state index in [1.165, 1.54) is 11.8 Å². The summed E-state index contributed by atoms with van der Waals surface area (Å²) < 4.78 is 0. The molecule has 0 aliphatic carbocycles. The molecule has 1 aromatic rings. The number of thioether (sulfide) groups is 1. The standard InChI is InChI=1S/C22H28N2O5S/c1-14(25)30-19(13-15-7-3-2-4-8-15)20(26)23-17-11-5-9-16-10-6-12-18(22(28)29)24(16)21(17)27/h2-4,7-8,16-19H,5-6,9-13H2,1H3,(H,23,26)(H,28,29). The summed E-state index contributed by atoms with van der Waals surface area (Å²) >= 11 is 0.956. The summed E-state index contributed by atoms with van der Waals surface area (Å²) in [7, 11) is 0. The maximum Gasteiger partial charge on any atom is 0.326 e. The van der Waals surface area contributed by atoms with Crippen LogP contribution < -0.4 is 5.32 Å². The van der Waals surface area contributed by atoms with Crippen LogP contribution in [0.3, 0.4) is 0 Å². The van der Waals surface area contributed by atoms with Gasteiger partial charge in [0.05, 0.1) is 5.25 Å². The first-order valence-electron chi connectivity index (χ1n) is 10.4. The highest BCUT2D eigenvalue weighted by atomic mass is 32.2. The highest BCUT2D eigenvalue weighted by Crippen LogP contribution is 2.31. The van der Waals surface area contributed by atoms with Gasteiger partial charge in [0.2, 0.25) is 11.8 Å². The molecule has 4 atom stereocenters. The van der Waals surface area contributed by atoms with Crippen molar-refractivity contribution in [2.75, 3.05) is 0 Å². The van der Waals surface area contributed by atoms with Gasteiger partial charge in [0.15, 0.2) is 5.12 Å². The first-order chi connectivity index (χ1) is 14.4. The van der Waals surface area contributed by atoms with Crippen molar-refractivity contribution in [3.63, 3.8) is 0 Å². The lowest BCUT2D eigenvalue weighted by molar-refractivity contribution is -0.155. The number of hydrogen-bond donors (Lipinski definition) is 2. The molecule has 0 radical (unpaired) electrons. The molecule has 30 heavy (non-hydrogen) atoms. The lowest BCUT2D eigenvalue weighted by Crippen LogP contribution is -2.58. The van der Waals surface area contributed by atoms with Gasteiger partial charge < -0.3 is 15.3 Å². The van der Waals surface area contributed by atoms with E-state index < -0.39 is 23.3 Å². The van der Waals surface area contributed by atoms with Crippen molar-refractivity contribution in [2.45, 2.75) is 75.2 Å². The summed E-state index contributed by atoms with van der Waals surface area (Å²) in [4.78, 5) is 51.1. The highest BCUT2D eigenvalue weighted by Gasteiger charge is 2.43. The molecular weight excluding hydrogens is 404 g/mol. The zero-order valence-corrected chi connectivity index (χ0v) is 17.9. The van der Waals surface area contributed by atoms with Gasteiger partial charge in [-0.1, -0.05) is 42.1 Å².